The number of imide groups is 1. The first-order valence-electron chi connectivity index (χ1n) is 9.20. The quantitative estimate of drug-likeness (QED) is 0.670. The zero-order chi connectivity index (χ0) is 19.9. The second-order valence-corrected chi connectivity index (χ2v) is 7.11. The molecule has 1 aliphatic heterocycles. The van der Waals surface area contributed by atoms with Crippen LogP contribution in [0.3, 0.4) is 0 Å². The Morgan fingerprint density at radius 2 is 1.75 bits per heavy atom. The van der Waals surface area contributed by atoms with E-state index in [1.54, 1.807) is 12.1 Å². The second kappa shape index (κ2) is 9.37. The van der Waals surface area contributed by atoms with E-state index in [-0.39, 0.29) is 24.7 Å². The van der Waals surface area contributed by atoms with Crippen molar-refractivity contribution < 1.29 is 14.4 Å². The summed E-state index contributed by atoms with van der Waals surface area (Å²) >= 11 is 5.83. The third-order valence-corrected chi connectivity index (χ3v) is 4.89. The number of urea groups is 1. The van der Waals surface area contributed by atoms with Crippen LogP contribution in [0, 0.1) is 0 Å². The normalized spacial score (nSPS) is 16.2. The zero-order valence-electron chi connectivity index (χ0n) is 15.4. The first kappa shape index (κ1) is 19.9. The van der Waals surface area contributed by atoms with Crippen molar-refractivity contribution in [3.8, 4) is 0 Å². The number of hydrogen-bond donors (Lipinski definition) is 2. The summed E-state index contributed by atoms with van der Waals surface area (Å²) in [6.07, 6.45) is 1.05. The molecule has 2 aromatic carbocycles. The molecular formula is C21H22ClN3O3. The molecule has 1 aliphatic rings. The summed E-state index contributed by atoms with van der Waals surface area (Å²) in [6, 6.07) is 15.9. The van der Waals surface area contributed by atoms with Crippen molar-refractivity contribution in [2.45, 2.75) is 31.8 Å². The number of halogens is 1. The molecular weight excluding hydrogens is 378 g/mol. The van der Waals surface area contributed by atoms with Gasteiger partial charge in [-0.05, 0) is 36.1 Å². The molecule has 146 valence electrons. The second-order valence-electron chi connectivity index (χ2n) is 6.67. The summed E-state index contributed by atoms with van der Waals surface area (Å²) < 4.78 is 0. The summed E-state index contributed by atoms with van der Waals surface area (Å²) in [5.74, 6) is -0.439. The van der Waals surface area contributed by atoms with Crippen LogP contribution in [-0.4, -0.2) is 35.3 Å². The van der Waals surface area contributed by atoms with Crippen molar-refractivity contribution in [2.75, 3.05) is 6.54 Å². The Morgan fingerprint density at radius 3 is 2.46 bits per heavy atom. The van der Waals surface area contributed by atoms with E-state index in [0.29, 0.717) is 24.5 Å². The maximum absolute atomic E-state index is 12.5. The van der Waals surface area contributed by atoms with Crippen LogP contribution in [-0.2, 0) is 22.6 Å². The number of amides is 4. The fraction of sp³-hybridized carbons (Fsp3) is 0.286. The lowest BCUT2D eigenvalue weighted by Gasteiger charge is -2.13. The van der Waals surface area contributed by atoms with Gasteiger partial charge in [0.1, 0.15) is 6.04 Å². The predicted octanol–water partition coefficient (Wildman–Crippen LogP) is 2.90. The highest BCUT2D eigenvalue weighted by Gasteiger charge is 2.37. The minimum atomic E-state index is -0.649. The number of nitrogens with zero attached hydrogens (tertiary/aromatic N) is 1. The molecule has 4 amide bonds. The number of hydrogen-bond acceptors (Lipinski definition) is 3. The molecule has 0 aromatic heterocycles. The van der Waals surface area contributed by atoms with Crippen molar-refractivity contribution in [3.63, 3.8) is 0 Å². The highest BCUT2D eigenvalue weighted by atomic mass is 35.5. The van der Waals surface area contributed by atoms with E-state index in [2.05, 4.69) is 10.6 Å². The van der Waals surface area contributed by atoms with Crippen LogP contribution in [0.4, 0.5) is 4.79 Å². The Hall–Kier alpha value is -2.86. The monoisotopic (exact) mass is 399 g/mol. The van der Waals surface area contributed by atoms with Crippen molar-refractivity contribution in [1.29, 1.82) is 0 Å². The van der Waals surface area contributed by atoms with Crippen LogP contribution in [0.5, 0.6) is 0 Å². The minimum absolute atomic E-state index is 0.163. The van der Waals surface area contributed by atoms with Crippen LogP contribution in [0.25, 0.3) is 0 Å². The van der Waals surface area contributed by atoms with E-state index < -0.39 is 12.1 Å². The van der Waals surface area contributed by atoms with Gasteiger partial charge in [-0.15, -0.1) is 0 Å². The Labute approximate surface area is 168 Å². The van der Waals surface area contributed by atoms with Gasteiger partial charge in [0, 0.05) is 24.5 Å². The lowest BCUT2D eigenvalue weighted by Crippen LogP contribution is -2.33. The van der Waals surface area contributed by atoms with E-state index in [0.717, 1.165) is 11.1 Å². The molecule has 28 heavy (non-hydrogen) atoms. The van der Waals surface area contributed by atoms with E-state index >= 15 is 0 Å². The lowest BCUT2D eigenvalue weighted by atomic mass is 10.1. The van der Waals surface area contributed by atoms with Crippen molar-refractivity contribution in [3.05, 3.63) is 70.7 Å². The molecule has 0 spiro atoms. The SMILES string of the molecule is O=C(CC[C@@H]1NC(=O)N(CCc2ccccc2)C1=O)NCc1ccc(Cl)cc1. The number of carbonyl (C=O) groups is 3. The largest absolute Gasteiger partial charge is 0.352 e. The fourth-order valence-corrected chi connectivity index (χ4v) is 3.16. The van der Waals surface area contributed by atoms with E-state index in [9.17, 15) is 14.4 Å². The average Bonchev–Trinajstić information content (AvgIpc) is 2.98. The van der Waals surface area contributed by atoms with Crippen LogP contribution < -0.4 is 10.6 Å². The first-order chi connectivity index (χ1) is 13.5. The smallest absolute Gasteiger partial charge is 0.324 e. The van der Waals surface area contributed by atoms with Gasteiger partial charge in [0.2, 0.25) is 5.91 Å². The summed E-state index contributed by atoms with van der Waals surface area (Å²) in [5, 5.41) is 6.12. The molecule has 0 radical (unpaired) electrons. The summed E-state index contributed by atoms with van der Waals surface area (Å²) in [5.41, 5.74) is 2.00. The van der Waals surface area contributed by atoms with Gasteiger partial charge in [0.25, 0.3) is 5.91 Å². The highest BCUT2D eigenvalue weighted by molar-refractivity contribution is 6.30. The van der Waals surface area contributed by atoms with E-state index in [1.807, 2.05) is 42.5 Å². The molecule has 1 heterocycles. The topological polar surface area (TPSA) is 78.5 Å². The van der Waals surface area contributed by atoms with E-state index in [1.165, 1.54) is 4.90 Å². The van der Waals surface area contributed by atoms with Gasteiger partial charge in [-0.1, -0.05) is 54.1 Å². The fourth-order valence-electron chi connectivity index (χ4n) is 3.04. The van der Waals surface area contributed by atoms with Gasteiger partial charge >= 0.3 is 6.03 Å². The van der Waals surface area contributed by atoms with Gasteiger partial charge in [0.05, 0.1) is 0 Å². The Bertz CT molecular complexity index is 840. The minimum Gasteiger partial charge on any atom is -0.352 e. The van der Waals surface area contributed by atoms with Crippen LogP contribution in [0.1, 0.15) is 24.0 Å². The van der Waals surface area contributed by atoms with Crippen molar-refractivity contribution in [2.24, 2.45) is 0 Å². The molecule has 6 nitrogen and oxygen atoms in total. The van der Waals surface area contributed by atoms with Gasteiger partial charge in [-0.2, -0.15) is 0 Å². The number of rotatable bonds is 8. The first-order valence-corrected chi connectivity index (χ1v) is 9.57. The number of nitrogens with one attached hydrogen (secondary N) is 2. The molecule has 0 saturated carbocycles. The summed E-state index contributed by atoms with van der Waals surface area (Å²) in [4.78, 5) is 37.8. The average molecular weight is 400 g/mol. The molecule has 1 fully saturated rings. The molecule has 2 N–H and O–H groups in total. The van der Waals surface area contributed by atoms with Crippen LogP contribution >= 0.6 is 11.6 Å². The molecule has 1 atom stereocenters. The Balaban J connectivity index is 1.43. The van der Waals surface area contributed by atoms with Crippen LogP contribution in [0.2, 0.25) is 5.02 Å². The van der Waals surface area contributed by atoms with Crippen LogP contribution in [0.15, 0.2) is 54.6 Å². The van der Waals surface area contributed by atoms with Gasteiger partial charge in [-0.25, -0.2) is 4.79 Å². The molecule has 0 bridgehead atoms. The zero-order valence-corrected chi connectivity index (χ0v) is 16.1. The van der Waals surface area contributed by atoms with Gasteiger partial charge < -0.3 is 10.6 Å². The number of benzene rings is 2. The van der Waals surface area contributed by atoms with Gasteiger partial charge in [0.15, 0.2) is 0 Å². The summed E-state index contributed by atoms with van der Waals surface area (Å²) in [6.45, 7) is 0.720. The predicted molar refractivity (Wildman–Crippen MR) is 107 cm³/mol. The lowest BCUT2D eigenvalue weighted by molar-refractivity contribution is -0.127. The van der Waals surface area contributed by atoms with E-state index in [4.69, 9.17) is 11.6 Å². The third-order valence-electron chi connectivity index (χ3n) is 4.64. The maximum Gasteiger partial charge on any atom is 0.324 e. The molecule has 0 aliphatic carbocycles. The standard InChI is InChI=1S/C21H22ClN3O3/c22-17-8-6-16(7-9-17)14-23-19(26)11-10-18-20(27)25(21(28)24-18)13-12-15-4-2-1-3-5-15/h1-9,18H,10-14H2,(H,23,26)(H,24,28)/t18-/m0/s1. The molecule has 7 heteroatoms. The van der Waals surface area contributed by atoms with Crippen molar-refractivity contribution in [1.82, 2.24) is 15.5 Å². The summed E-state index contributed by atoms with van der Waals surface area (Å²) in [7, 11) is 0. The molecule has 0 unspecified atom stereocenters. The Morgan fingerprint density at radius 1 is 1.04 bits per heavy atom. The Kier molecular flexibility index (Phi) is 6.66. The number of carbonyl (C=O) groups excluding carboxylic acids is 3. The van der Waals surface area contributed by atoms with Crippen molar-refractivity contribution >= 4 is 29.4 Å². The highest BCUT2D eigenvalue weighted by Crippen LogP contribution is 2.13. The molecule has 3 rings (SSSR count). The third kappa shape index (κ3) is 5.33. The molecule has 1 saturated heterocycles. The molecule has 2 aromatic rings. The van der Waals surface area contributed by atoms with Gasteiger partial charge in [-0.3, -0.25) is 14.5 Å². The maximum atomic E-state index is 12.5.